The van der Waals surface area contributed by atoms with Gasteiger partial charge in [-0.1, -0.05) is 72.8 Å². The van der Waals surface area contributed by atoms with E-state index in [4.69, 9.17) is 23.7 Å². The standard InChI is InChI=1S/C40H46N4O8/c1-27(2)51-40(47)43-44(23-29-11-15-31(16-12-29)34-10-6-7-20-41-34)24-36(45)35(42-39(46)52-37-26-50-38-33(37)19-21-48-38)22-28-13-17-32(18-14-28)49-25-30-8-4-3-5-9-30/h3-18,20,27,33,35-38,45H,19,21-26H2,1-2H3,(H,42,46)(H,43,47). The lowest BCUT2D eigenvalue weighted by Gasteiger charge is -2.30. The normalized spacial score (nSPS) is 19.1. The molecule has 0 bridgehead atoms. The van der Waals surface area contributed by atoms with Crippen molar-refractivity contribution in [2.24, 2.45) is 5.92 Å². The summed E-state index contributed by atoms with van der Waals surface area (Å²) in [5, 5.41) is 16.2. The molecule has 3 heterocycles. The summed E-state index contributed by atoms with van der Waals surface area (Å²) in [5.41, 5.74) is 7.35. The fourth-order valence-electron chi connectivity index (χ4n) is 6.28. The molecular weight excluding hydrogens is 664 g/mol. The van der Waals surface area contributed by atoms with Crippen LogP contribution in [0.15, 0.2) is 103 Å². The summed E-state index contributed by atoms with van der Waals surface area (Å²) >= 11 is 0. The van der Waals surface area contributed by atoms with Crippen LogP contribution in [0.4, 0.5) is 9.59 Å². The van der Waals surface area contributed by atoms with Gasteiger partial charge in [0, 0.05) is 24.8 Å². The number of benzene rings is 3. The van der Waals surface area contributed by atoms with Crippen molar-refractivity contribution in [3.8, 4) is 17.0 Å². The molecular formula is C40H46N4O8. The molecule has 274 valence electrons. The maximum Gasteiger partial charge on any atom is 0.422 e. The second-order valence-corrected chi connectivity index (χ2v) is 13.3. The van der Waals surface area contributed by atoms with Crippen LogP contribution in [0.2, 0.25) is 0 Å². The van der Waals surface area contributed by atoms with Crippen LogP contribution < -0.4 is 15.5 Å². The number of hydrogen-bond donors (Lipinski definition) is 3. The minimum Gasteiger partial charge on any atom is -0.489 e. The van der Waals surface area contributed by atoms with E-state index in [0.29, 0.717) is 19.0 Å². The Kier molecular flexibility index (Phi) is 12.7. The summed E-state index contributed by atoms with van der Waals surface area (Å²) in [6, 6.07) is 30.2. The van der Waals surface area contributed by atoms with Gasteiger partial charge in [-0.15, -0.1) is 0 Å². The molecule has 12 nitrogen and oxygen atoms in total. The van der Waals surface area contributed by atoms with Crippen molar-refractivity contribution in [2.75, 3.05) is 19.8 Å². The Hall–Kier alpha value is -5.01. The fourth-order valence-corrected chi connectivity index (χ4v) is 6.28. The largest absolute Gasteiger partial charge is 0.489 e. The van der Waals surface area contributed by atoms with Crippen molar-refractivity contribution in [1.82, 2.24) is 20.7 Å². The number of aliphatic hydroxyl groups is 1. The van der Waals surface area contributed by atoms with Crippen molar-refractivity contribution in [3.05, 3.63) is 120 Å². The van der Waals surface area contributed by atoms with Gasteiger partial charge in [0.2, 0.25) is 0 Å². The molecule has 2 amide bonds. The highest BCUT2D eigenvalue weighted by Crippen LogP contribution is 2.33. The first-order chi connectivity index (χ1) is 25.3. The van der Waals surface area contributed by atoms with Gasteiger partial charge < -0.3 is 34.1 Å². The van der Waals surface area contributed by atoms with Crippen molar-refractivity contribution in [1.29, 1.82) is 0 Å². The van der Waals surface area contributed by atoms with Gasteiger partial charge in [-0.2, -0.15) is 0 Å². The number of fused-ring (bicyclic) bond motifs is 1. The number of carbonyl (C=O) groups is 2. The zero-order chi connectivity index (χ0) is 36.3. The number of ether oxygens (including phenoxy) is 5. The molecule has 2 aliphatic rings. The average Bonchev–Trinajstić information content (AvgIpc) is 3.77. The van der Waals surface area contributed by atoms with Gasteiger partial charge >= 0.3 is 12.2 Å². The first-order valence-electron chi connectivity index (χ1n) is 17.7. The van der Waals surface area contributed by atoms with E-state index >= 15 is 0 Å². The summed E-state index contributed by atoms with van der Waals surface area (Å²) < 4.78 is 28.3. The Morgan fingerprint density at radius 1 is 0.904 bits per heavy atom. The highest BCUT2D eigenvalue weighted by molar-refractivity contribution is 5.68. The number of alkyl carbamates (subject to hydrolysis) is 1. The van der Waals surface area contributed by atoms with E-state index in [0.717, 1.165) is 34.4 Å². The van der Waals surface area contributed by atoms with Crippen molar-refractivity contribution in [3.63, 3.8) is 0 Å². The first kappa shape index (κ1) is 36.8. The monoisotopic (exact) mass is 710 g/mol. The third-order valence-electron chi connectivity index (χ3n) is 8.93. The predicted octanol–water partition coefficient (Wildman–Crippen LogP) is 5.64. The van der Waals surface area contributed by atoms with Gasteiger partial charge in [0.25, 0.3) is 0 Å². The molecule has 3 N–H and O–H groups in total. The van der Waals surface area contributed by atoms with Gasteiger partial charge in [-0.05, 0) is 67.6 Å². The fraction of sp³-hybridized carbons (Fsp3) is 0.375. The SMILES string of the molecule is CC(C)OC(=O)NN(Cc1ccc(-c2ccccn2)cc1)CC(O)C(Cc1ccc(OCc2ccccc2)cc1)NC(=O)OC1COC2OCCC12. The second kappa shape index (κ2) is 18.0. The van der Waals surface area contributed by atoms with Crippen molar-refractivity contribution in [2.45, 2.75) is 70.5 Å². The molecule has 1 aromatic heterocycles. The number of amides is 2. The van der Waals surface area contributed by atoms with Gasteiger partial charge in [0.1, 0.15) is 18.5 Å². The Morgan fingerprint density at radius 2 is 1.65 bits per heavy atom. The van der Waals surface area contributed by atoms with Crippen LogP contribution in [-0.4, -0.2) is 77.7 Å². The van der Waals surface area contributed by atoms with E-state index in [1.165, 1.54) is 0 Å². The Bertz CT molecular complexity index is 1710. The van der Waals surface area contributed by atoms with E-state index in [1.54, 1.807) is 25.1 Å². The minimum absolute atomic E-state index is 0.0340. The average molecular weight is 711 g/mol. The molecule has 0 radical (unpaired) electrons. The van der Waals surface area contributed by atoms with E-state index in [2.05, 4.69) is 15.7 Å². The second-order valence-electron chi connectivity index (χ2n) is 13.3. The van der Waals surface area contributed by atoms with E-state index < -0.39 is 30.4 Å². The highest BCUT2D eigenvalue weighted by Gasteiger charge is 2.44. The molecule has 0 saturated carbocycles. The Balaban J connectivity index is 1.16. The molecule has 0 spiro atoms. The minimum atomic E-state index is -1.14. The molecule has 5 unspecified atom stereocenters. The molecule has 6 rings (SSSR count). The van der Waals surface area contributed by atoms with Gasteiger partial charge in [0.15, 0.2) is 6.29 Å². The van der Waals surface area contributed by atoms with Gasteiger partial charge in [-0.3, -0.25) is 10.4 Å². The molecule has 52 heavy (non-hydrogen) atoms. The number of aromatic nitrogens is 1. The number of nitrogens with zero attached hydrogens (tertiary/aromatic N) is 2. The van der Waals surface area contributed by atoms with Crippen LogP contribution in [0.1, 0.15) is 37.0 Å². The number of hydrazine groups is 1. The smallest absolute Gasteiger partial charge is 0.422 e. The lowest BCUT2D eigenvalue weighted by atomic mass is 10.0. The summed E-state index contributed by atoms with van der Waals surface area (Å²) in [5.74, 6) is 0.660. The number of nitrogens with one attached hydrogen (secondary N) is 2. The molecule has 3 aromatic carbocycles. The van der Waals surface area contributed by atoms with Gasteiger partial charge in [0.05, 0.1) is 43.1 Å². The summed E-state index contributed by atoms with van der Waals surface area (Å²) in [6.07, 6.45) is -0.887. The lowest BCUT2D eigenvalue weighted by Crippen LogP contribution is -2.53. The number of carbonyl (C=O) groups excluding carboxylic acids is 2. The molecule has 2 fully saturated rings. The zero-order valence-corrected chi connectivity index (χ0v) is 29.4. The number of aliphatic hydroxyl groups excluding tert-OH is 1. The molecule has 2 saturated heterocycles. The summed E-state index contributed by atoms with van der Waals surface area (Å²) in [7, 11) is 0. The van der Waals surface area contributed by atoms with E-state index in [-0.39, 0.29) is 44.4 Å². The Labute approximate surface area is 304 Å². The van der Waals surface area contributed by atoms with Gasteiger partial charge in [-0.25, -0.2) is 14.6 Å². The zero-order valence-electron chi connectivity index (χ0n) is 29.4. The topological polar surface area (TPSA) is 141 Å². The van der Waals surface area contributed by atoms with Crippen molar-refractivity contribution < 1.29 is 38.4 Å². The first-order valence-corrected chi connectivity index (χ1v) is 17.7. The van der Waals surface area contributed by atoms with Crippen LogP contribution in [0.25, 0.3) is 11.3 Å². The van der Waals surface area contributed by atoms with Crippen molar-refractivity contribution >= 4 is 12.2 Å². The van der Waals surface area contributed by atoms with Crippen LogP contribution in [-0.2, 0) is 38.5 Å². The van der Waals surface area contributed by atoms with Crippen LogP contribution in [0.3, 0.4) is 0 Å². The van der Waals surface area contributed by atoms with E-state index in [1.807, 2.05) is 97.1 Å². The highest BCUT2D eigenvalue weighted by atomic mass is 16.7. The molecule has 5 atom stereocenters. The third kappa shape index (κ3) is 10.5. The summed E-state index contributed by atoms with van der Waals surface area (Å²) in [6.45, 7) is 4.96. The third-order valence-corrected chi connectivity index (χ3v) is 8.93. The number of hydrogen-bond acceptors (Lipinski definition) is 10. The Morgan fingerprint density at radius 3 is 2.38 bits per heavy atom. The van der Waals surface area contributed by atoms with E-state index in [9.17, 15) is 14.7 Å². The molecule has 12 heteroatoms. The lowest BCUT2D eigenvalue weighted by molar-refractivity contribution is -0.0907. The van der Waals surface area contributed by atoms with Crippen LogP contribution in [0, 0.1) is 5.92 Å². The quantitative estimate of drug-likeness (QED) is 0.133. The maximum atomic E-state index is 13.3. The maximum absolute atomic E-state index is 13.3. The van der Waals surface area contributed by atoms with Crippen LogP contribution >= 0.6 is 0 Å². The molecule has 4 aromatic rings. The van der Waals surface area contributed by atoms with Crippen LogP contribution in [0.5, 0.6) is 5.75 Å². The molecule has 2 aliphatic heterocycles. The number of pyridine rings is 1. The summed E-state index contributed by atoms with van der Waals surface area (Å²) in [4.78, 5) is 30.5. The predicted molar refractivity (Wildman–Crippen MR) is 193 cm³/mol. The number of rotatable bonds is 15. The molecule has 0 aliphatic carbocycles.